The first kappa shape index (κ1) is 18.6. The molecule has 25 heavy (non-hydrogen) atoms. The Kier molecular flexibility index (Phi) is 5.93. The van der Waals surface area contributed by atoms with Gasteiger partial charge in [0.05, 0.1) is 5.69 Å². The first-order valence-corrected chi connectivity index (χ1v) is 10.3. The van der Waals surface area contributed by atoms with E-state index < -0.39 is 0 Å². The van der Waals surface area contributed by atoms with Gasteiger partial charge in [-0.1, -0.05) is 52.0 Å². The molecule has 1 saturated heterocycles. The number of hydrogen-bond donors (Lipinski definition) is 2. The molecule has 1 heterocycles. The Labute approximate surface area is 153 Å². The van der Waals surface area contributed by atoms with Crippen LogP contribution in [-0.4, -0.2) is 29.6 Å². The average molecular weight is 345 g/mol. The number of nitrogens with zero attached hydrogens (tertiary/aromatic N) is 1. The molecule has 1 saturated carbocycles. The lowest BCUT2D eigenvalue weighted by atomic mass is 9.68. The summed E-state index contributed by atoms with van der Waals surface area (Å²) in [6.45, 7) is 8.29. The molecular weight excluding hydrogens is 308 g/mol. The molecule has 0 spiro atoms. The van der Waals surface area contributed by atoms with Gasteiger partial charge in [0, 0.05) is 6.54 Å². The van der Waals surface area contributed by atoms with E-state index in [1.807, 2.05) is 12.1 Å². The van der Waals surface area contributed by atoms with Crippen molar-refractivity contribution >= 4 is 5.69 Å². The number of phenols is 1. The molecule has 3 rings (SSSR count). The van der Waals surface area contributed by atoms with Crippen molar-refractivity contribution in [2.24, 2.45) is 11.8 Å². The summed E-state index contributed by atoms with van der Waals surface area (Å²) in [6.07, 6.45) is 11.2. The van der Waals surface area contributed by atoms with E-state index >= 15 is 0 Å². The van der Waals surface area contributed by atoms with Crippen LogP contribution in [0.1, 0.15) is 70.8 Å². The van der Waals surface area contributed by atoms with Crippen LogP contribution in [-0.2, 0) is 5.41 Å². The summed E-state index contributed by atoms with van der Waals surface area (Å²) in [5.74, 6) is 1.80. The van der Waals surface area contributed by atoms with Crippen LogP contribution < -0.4 is 5.73 Å². The number of rotatable bonds is 5. The second kappa shape index (κ2) is 7.99. The minimum absolute atomic E-state index is 0.130. The molecule has 1 aromatic rings. The van der Waals surface area contributed by atoms with E-state index in [1.165, 1.54) is 57.1 Å². The zero-order valence-corrected chi connectivity index (χ0v) is 16.1. The highest BCUT2D eigenvalue weighted by atomic mass is 16.3. The van der Waals surface area contributed by atoms with Crippen LogP contribution >= 0.6 is 0 Å². The van der Waals surface area contributed by atoms with E-state index in [-0.39, 0.29) is 11.2 Å². The van der Waals surface area contributed by atoms with E-state index in [4.69, 9.17) is 5.73 Å². The highest BCUT2D eigenvalue weighted by molar-refractivity contribution is 5.54. The quantitative estimate of drug-likeness (QED) is 0.588. The number of phenolic OH excluding ortho intramolecular Hbond substituents is 1. The molecule has 2 atom stereocenters. The van der Waals surface area contributed by atoms with Crippen molar-refractivity contribution in [3.05, 3.63) is 23.8 Å². The monoisotopic (exact) mass is 344 g/mol. The lowest BCUT2D eigenvalue weighted by Gasteiger charge is -2.45. The Morgan fingerprint density at radius 3 is 2.68 bits per heavy atom. The molecule has 0 aromatic heterocycles. The van der Waals surface area contributed by atoms with Gasteiger partial charge in [0.15, 0.2) is 0 Å². The van der Waals surface area contributed by atoms with Gasteiger partial charge in [0.2, 0.25) is 0 Å². The molecule has 2 fully saturated rings. The van der Waals surface area contributed by atoms with Crippen molar-refractivity contribution in [2.45, 2.75) is 70.6 Å². The molecule has 1 aliphatic heterocycles. The first-order chi connectivity index (χ1) is 12.0. The number of piperidine rings is 1. The van der Waals surface area contributed by atoms with Gasteiger partial charge >= 0.3 is 0 Å². The fraction of sp³-hybridized carbons (Fsp3) is 0.727. The van der Waals surface area contributed by atoms with Crippen molar-refractivity contribution in [3.8, 4) is 5.75 Å². The van der Waals surface area contributed by atoms with Crippen LogP contribution in [0.5, 0.6) is 5.75 Å². The van der Waals surface area contributed by atoms with Crippen LogP contribution in [0.15, 0.2) is 18.2 Å². The Hall–Kier alpha value is -1.22. The lowest BCUT2D eigenvalue weighted by molar-refractivity contribution is 0.107. The number of aromatic hydroxyl groups is 1. The Morgan fingerprint density at radius 1 is 1.24 bits per heavy atom. The summed E-state index contributed by atoms with van der Waals surface area (Å²) in [4.78, 5) is 2.66. The number of hydrogen-bond acceptors (Lipinski definition) is 3. The van der Waals surface area contributed by atoms with Crippen molar-refractivity contribution in [2.75, 3.05) is 25.4 Å². The molecule has 0 amide bonds. The molecular formula is C22H36N2O. The van der Waals surface area contributed by atoms with Crippen molar-refractivity contribution in [1.29, 1.82) is 0 Å². The lowest BCUT2D eigenvalue weighted by Crippen LogP contribution is -2.47. The third-order valence-corrected chi connectivity index (χ3v) is 7.07. The molecule has 1 aliphatic carbocycles. The Balaban J connectivity index is 1.51. The van der Waals surface area contributed by atoms with Crippen LogP contribution in [0.2, 0.25) is 0 Å². The molecule has 0 unspecified atom stereocenters. The minimum atomic E-state index is 0.130. The maximum Gasteiger partial charge on any atom is 0.138 e. The summed E-state index contributed by atoms with van der Waals surface area (Å²) in [7, 11) is 0. The van der Waals surface area contributed by atoms with Gasteiger partial charge in [-0.3, -0.25) is 0 Å². The summed E-state index contributed by atoms with van der Waals surface area (Å²) < 4.78 is 0. The second-order valence-corrected chi connectivity index (χ2v) is 8.79. The smallest absolute Gasteiger partial charge is 0.138 e. The van der Waals surface area contributed by atoms with Crippen LogP contribution in [0.4, 0.5) is 5.69 Å². The third kappa shape index (κ3) is 4.31. The summed E-state index contributed by atoms with van der Waals surface area (Å²) in [6, 6.07) is 5.83. The number of likely N-dealkylation sites (tertiary alicyclic amines) is 1. The minimum Gasteiger partial charge on any atom is -0.506 e. The number of benzene rings is 1. The van der Waals surface area contributed by atoms with Crippen LogP contribution in [0, 0.1) is 11.8 Å². The van der Waals surface area contributed by atoms with Crippen molar-refractivity contribution in [1.82, 2.24) is 4.90 Å². The Bertz CT molecular complexity index is 567. The van der Waals surface area contributed by atoms with E-state index in [9.17, 15) is 5.11 Å². The van der Waals surface area contributed by atoms with E-state index in [0.29, 0.717) is 11.6 Å². The predicted octanol–water partition coefficient (Wildman–Crippen LogP) is 4.93. The fourth-order valence-corrected chi connectivity index (χ4v) is 4.93. The predicted molar refractivity (Wildman–Crippen MR) is 106 cm³/mol. The molecule has 2 aliphatic rings. The molecule has 3 nitrogen and oxygen atoms in total. The molecule has 3 N–H and O–H groups in total. The SMILES string of the molecule is C[C@H]1CN(CCCC2CCCCC2)CC[C@]1(C)c1ccc(N)c(O)c1. The van der Waals surface area contributed by atoms with E-state index in [2.05, 4.69) is 24.8 Å². The Morgan fingerprint density at radius 2 is 2.00 bits per heavy atom. The zero-order valence-electron chi connectivity index (χ0n) is 16.1. The molecule has 0 bridgehead atoms. The van der Waals surface area contributed by atoms with Crippen molar-refractivity contribution < 1.29 is 5.11 Å². The third-order valence-electron chi connectivity index (χ3n) is 7.07. The number of nitrogen functional groups attached to an aromatic ring is 1. The summed E-state index contributed by atoms with van der Waals surface area (Å²) in [5.41, 5.74) is 7.61. The molecule has 3 heteroatoms. The zero-order chi connectivity index (χ0) is 17.9. The molecule has 1 aromatic carbocycles. The number of nitrogens with two attached hydrogens (primary N) is 1. The van der Waals surface area contributed by atoms with Gasteiger partial charge in [-0.2, -0.15) is 0 Å². The molecule has 0 radical (unpaired) electrons. The normalized spacial score (nSPS) is 29.0. The van der Waals surface area contributed by atoms with Crippen LogP contribution in [0.3, 0.4) is 0 Å². The van der Waals surface area contributed by atoms with Crippen LogP contribution in [0.25, 0.3) is 0 Å². The van der Waals surface area contributed by atoms with Gasteiger partial charge in [0.25, 0.3) is 0 Å². The van der Waals surface area contributed by atoms with E-state index in [1.54, 1.807) is 0 Å². The van der Waals surface area contributed by atoms with Gasteiger partial charge < -0.3 is 15.7 Å². The largest absolute Gasteiger partial charge is 0.506 e. The summed E-state index contributed by atoms with van der Waals surface area (Å²) >= 11 is 0. The topological polar surface area (TPSA) is 49.5 Å². The first-order valence-electron chi connectivity index (χ1n) is 10.3. The van der Waals surface area contributed by atoms with E-state index in [0.717, 1.165) is 25.4 Å². The van der Waals surface area contributed by atoms with Crippen molar-refractivity contribution in [3.63, 3.8) is 0 Å². The number of anilines is 1. The van der Waals surface area contributed by atoms with Gasteiger partial charge in [-0.05, 0) is 67.3 Å². The average Bonchev–Trinajstić information content (AvgIpc) is 2.61. The molecule has 140 valence electrons. The van der Waals surface area contributed by atoms with Gasteiger partial charge in [-0.25, -0.2) is 0 Å². The standard InChI is InChI=1S/C22H36N2O/c1-17-16-24(13-6-9-18-7-4-3-5-8-18)14-12-22(17,2)19-10-11-20(23)21(25)15-19/h10-11,15,17-18,25H,3-9,12-14,16,23H2,1-2H3/t17-,22-/m0/s1. The highest BCUT2D eigenvalue weighted by Crippen LogP contribution is 2.41. The fourth-order valence-electron chi connectivity index (χ4n) is 4.93. The summed E-state index contributed by atoms with van der Waals surface area (Å²) in [5, 5.41) is 9.99. The second-order valence-electron chi connectivity index (χ2n) is 8.79. The maximum atomic E-state index is 9.99. The van der Waals surface area contributed by atoms with Gasteiger partial charge in [0.1, 0.15) is 5.75 Å². The maximum absolute atomic E-state index is 9.99. The van der Waals surface area contributed by atoms with Gasteiger partial charge in [-0.15, -0.1) is 0 Å². The highest BCUT2D eigenvalue weighted by Gasteiger charge is 2.38.